The molecule has 1 aromatic carbocycles. The number of aromatic nitrogens is 1. The van der Waals surface area contributed by atoms with Crippen molar-refractivity contribution in [3.63, 3.8) is 0 Å². The van der Waals surface area contributed by atoms with Crippen molar-refractivity contribution in [2.24, 2.45) is 17.8 Å². The number of rotatable bonds is 5. The third-order valence-electron chi connectivity index (χ3n) is 8.82. The lowest BCUT2D eigenvalue weighted by molar-refractivity contribution is -0.117. The molecule has 3 saturated heterocycles. The molecule has 4 aliphatic rings. The van der Waals surface area contributed by atoms with Crippen molar-refractivity contribution in [2.45, 2.75) is 37.8 Å². The van der Waals surface area contributed by atoms with Crippen molar-refractivity contribution < 1.29 is 19.4 Å². The highest BCUT2D eigenvalue weighted by Crippen LogP contribution is 2.48. The number of anilines is 2. The molecule has 1 aliphatic carbocycles. The van der Waals surface area contributed by atoms with Crippen LogP contribution in [0.1, 0.15) is 26.2 Å². The lowest BCUT2D eigenvalue weighted by Crippen LogP contribution is -2.60. The van der Waals surface area contributed by atoms with Gasteiger partial charge in [-0.15, -0.1) is 0 Å². The van der Waals surface area contributed by atoms with E-state index in [1.54, 1.807) is 6.20 Å². The maximum absolute atomic E-state index is 12.9. The molecule has 4 heterocycles. The van der Waals surface area contributed by atoms with Gasteiger partial charge in [-0.05, 0) is 61.6 Å². The molecule has 1 saturated carbocycles. The summed E-state index contributed by atoms with van der Waals surface area (Å²) in [5.74, 6) is 1.85. The summed E-state index contributed by atoms with van der Waals surface area (Å²) in [6, 6.07) is 6.00. The van der Waals surface area contributed by atoms with E-state index in [4.69, 9.17) is 21.1 Å². The lowest BCUT2D eigenvalue weighted by Gasteiger charge is -2.45. The number of amides is 1. The number of benzene rings is 1. The fraction of sp³-hybridized carbons (Fsp3) is 0.630. The van der Waals surface area contributed by atoms with E-state index in [-0.39, 0.29) is 17.4 Å². The third kappa shape index (κ3) is 4.58. The molecule has 0 radical (unpaired) electrons. The number of nitrogens with zero attached hydrogens (tertiary/aromatic N) is 3. The molecule has 36 heavy (non-hydrogen) atoms. The first-order valence-corrected chi connectivity index (χ1v) is 13.5. The zero-order valence-corrected chi connectivity index (χ0v) is 21.5. The second-order valence-corrected chi connectivity index (χ2v) is 11.4. The van der Waals surface area contributed by atoms with Crippen molar-refractivity contribution in [3.05, 3.63) is 29.4 Å². The SMILES string of the molecule is C[C@@]1(N2CCN(c3cc4cc(NC(=O)[C@@H]5C[C@@H]5C5CCOCC5)ncc4cc3Cl)CC2)COC[C@@H]1O. The summed E-state index contributed by atoms with van der Waals surface area (Å²) in [5, 5.41) is 16.1. The maximum atomic E-state index is 12.9. The summed E-state index contributed by atoms with van der Waals surface area (Å²) in [4.78, 5) is 22.0. The Labute approximate surface area is 216 Å². The number of pyridine rings is 1. The quantitative estimate of drug-likeness (QED) is 0.633. The molecular weight excluding hydrogens is 480 g/mol. The van der Waals surface area contributed by atoms with Crippen LogP contribution in [0.25, 0.3) is 10.8 Å². The molecular formula is C27H35ClN4O4. The van der Waals surface area contributed by atoms with E-state index in [9.17, 15) is 9.90 Å². The Morgan fingerprint density at radius 1 is 1.14 bits per heavy atom. The van der Waals surface area contributed by atoms with Crippen molar-refractivity contribution in [3.8, 4) is 0 Å². The predicted octanol–water partition coefficient (Wildman–Crippen LogP) is 3.16. The van der Waals surface area contributed by atoms with Gasteiger partial charge in [-0.25, -0.2) is 4.98 Å². The summed E-state index contributed by atoms with van der Waals surface area (Å²) >= 11 is 6.69. The summed E-state index contributed by atoms with van der Waals surface area (Å²) in [6.45, 7) is 7.97. The molecule has 0 spiro atoms. The van der Waals surface area contributed by atoms with Crippen LogP contribution in [0.15, 0.2) is 24.4 Å². The maximum Gasteiger partial charge on any atom is 0.228 e. The van der Waals surface area contributed by atoms with E-state index >= 15 is 0 Å². The van der Waals surface area contributed by atoms with Gasteiger partial charge in [-0.1, -0.05) is 11.6 Å². The average molecular weight is 515 g/mol. The van der Waals surface area contributed by atoms with Gasteiger partial charge in [0.15, 0.2) is 0 Å². The predicted molar refractivity (Wildman–Crippen MR) is 140 cm³/mol. The number of halogens is 1. The van der Waals surface area contributed by atoms with Gasteiger partial charge in [0, 0.05) is 56.9 Å². The molecule has 1 amide bonds. The minimum atomic E-state index is -0.461. The summed E-state index contributed by atoms with van der Waals surface area (Å²) in [6.07, 6.45) is 4.42. The van der Waals surface area contributed by atoms with Crippen LogP contribution in [0.3, 0.4) is 0 Å². The van der Waals surface area contributed by atoms with Crippen molar-refractivity contribution in [1.29, 1.82) is 0 Å². The summed E-state index contributed by atoms with van der Waals surface area (Å²) < 4.78 is 11.0. The number of carbonyl (C=O) groups is 1. The number of aliphatic hydroxyl groups excluding tert-OH is 1. The second kappa shape index (κ2) is 9.72. The Kier molecular flexibility index (Phi) is 6.58. The van der Waals surface area contributed by atoms with Crippen LogP contribution < -0.4 is 10.2 Å². The van der Waals surface area contributed by atoms with Crippen LogP contribution in [0.4, 0.5) is 11.5 Å². The van der Waals surface area contributed by atoms with Crippen molar-refractivity contribution in [1.82, 2.24) is 9.88 Å². The summed E-state index contributed by atoms with van der Waals surface area (Å²) in [5.41, 5.74) is 0.658. The van der Waals surface area contributed by atoms with E-state index in [1.165, 1.54) is 0 Å². The fourth-order valence-electron chi connectivity index (χ4n) is 6.28. The highest BCUT2D eigenvalue weighted by molar-refractivity contribution is 6.34. The van der Waals surface area contributed by atoms with E-state index in [0.717, 1.165) is 75.1 Å². The molecule has 1 aromatic heterocycles. The first-order chi connectivity index (χ1) is 17.4. The number of hydrogen-bond acceptors (Lipinski definition) is 7. The van der Waals surface area contributed by atoms with Gasteiger partial charge in [0.1, 0.15) is 5.82 Å². The van der Waals surface area contributed by atoms with E-state index in [1.807, 2.05) is 12.1 Å². The van der Waals surface area contributed by atoms with Gasteiger partial charge < -0.3 is 24.8 Å². The first kappa shape index (κ1) is 24.4. The normalized spacial score (nSPS) is 31.6. The third-order valence-corrected chi connectivity index (χ3v) is 9.12. The highest BCUT2D eigenvalue weighted by atomic mass is 35.5. The number of carbonyl (C=O) groups excluding carboxylic acids is 1. The van der Waals surface area contributed by atoms with E-state index in [0.29, 0.717) is 35.9 Å². The average Bonchev–Trinajstić information content (AvgIpc) is 3.63. The molecule has 0 unspecified atom stereocenters. The zero-order valence-electron chi connectivity index (χ0n) is 20.8. The monoisotopic (exact) mass is 514 g/mol. The first-order valence-electron chi connectivity index (χ1n) is 13.2. The molecule has 2 aromatic rings. The van der Waals surface area contributed by atoms with Crippen LogP contribution in [0, 0.1) is 17.8 Å². The van der Waals surface area contributed by atoms with Gasteiger partial charge in [0.2, 0.25) is 5.91 Å². The summed E-state index contributed by atoms with van der Waals surface area (Å²) in [7, 11) is 0. The lowest BCUT2D eigenvalue weighted by atomic mass is 9.93. The highest BCUT2D eigenvalue weighted by Gasteiger charge is 2.48. The Bertz CT molecular complexity index is 1130. The molecule has 6 rings (SSSR count). The Morgan fingerprint density at radius 3 is 2.64 bits per heavy atom. The van der Waals surface area contributed by atoms with Gasteiger partial charge in [0.25, 0.3) is 0 Å². The molecule has 2 N–H and O–H groups in total. The number of nitrogens with one attached hydrogen (secondary N) is 1. The van der Waals surface area contributed by atoms with E-state index < -0.39 is 6.10 Å². The van der Waals surface area contributed by atoms with Gasteiger partial charge in [0.05, 0.1) is 35.6 Å². The fourth-order valence-corrected chi connectivity index (χ4v) is 6.57. The van der Waals surface area contributed by atoms with Crippen LogP contribution in [-0.2, 0) is 14.3 Å². The Hall–Kier alpha value is -1.97. The second-order valence-electron chi connectivity index (χ2n) is 11.0. The minimum Gasteiger partial charge on any atom is -0.389 e. The molecule has 4 atom stereocenters. The molecule has 9 heteroatoms. The van der Waals surface area contributed by atoms with Gasteiger partial charge >= 0.3 is 0 Å². The molecule has 0 bridgehead atoms. The molecule has 194 valence electrons. The van der Waals surface area contributed by atoms with E-state index in [2.05, 4.69) is 33.1 Å². The van der Waals surface area contributed by atoms with Crippen LogP contribution >= 0.6 is 11.6 Å². The number of fused-ring (bicyclic) bond motifs is 1. The molecule has 4 fully saturated rings. The minimum absolute atomic E-state index is 0.0789. The number of piperazine rings is 1. The van der Waals surface area contributed by atoms with Gasteiger partial charge in [-0.2, -0.15) is 0 Å². The topological polar surface area (TPSA) is 87.2 Å². The standard InChI is InChI=1S/C27H35ClN4O4/c1-27(16-36-15-24(27)33)32-6-4-31(5-7-32)23-11-18-12-25(29-14-19(18)10-22(23)28)30-26(34)21-13-20(21)17-2-8-35-9-3-17/h10-12,14,17,20-21,24,33H,2-9,13,15-16H2,1H3,(H,29,30,34)/t20-,21-,24+,27-/m1/s1. The van der Waals surface area contributed by atoms with Crippen LogP contribution in [0.2, 0.25) is 5.02 Å². The Morgan fingerprint density at radius 2 is 1.92 bits per heavy atom. The Balaban J connectivity index is 1.13. The number of ether oxygens (including phenoxy) is 2. The number of hydrogen-bond donors (Lipinski definition) is 2. The van der Waals surface area contributed by atoms with Crippen LogP contribution in [0.5, 0.6) is 0 Å². The molecule has 8 nitrogen and oxygen atoms in total. The van der Waals surface area contributed by atoms with Gasteiger partial charge in [-0.3, -0.25) is 9.69 Å². The zero-order chi connectivity index (χ0) is 24.9. The van der Waals surface area contributed by atoms with Crippen molar-refractivity contribution >= 4 is 39.8 Å². The number of aliphatic hydroxyl groups is 1. The van der Waals surface area contributed by atoms with Crippen LogP contribution in [-0.4, -0.2) is 85.1 Å². The molecule has 3 aliphatic heterocycles. The largest absolute Gasteiger partial charge is 0.389 e. The van der Waals surface area contributed by atoms with Crippen molar-refractivity contribution in [2.75, 3.05) is 62.8 Å². The smallest absolute Gasteiger partial charge is 0.228 e.